The average Bonchev–Trinajstić information content (AvgIpc) is 2.78. The Bertz CT molecular complexity index is 717. The van der Waals surface area contributed by atoms with Gasteiger partial charge in [0.15, 0.2) is 11.6 Å². The highest BCUT2D eigenvalue weighted by molar-refractivity contribution is 6.04. The van der Waals surface area contributed by atoms with Crippen LogP contribution in [-0.4, -0.2) is 37.3 Å². The van der Waals surface area contributed by atoms with Crippen molar-refractivity contribution in [1.29, 1.82) is 0 Å². The molecule has 0 fully saturated rings. The number of nitrogens with zero attached hydrogens (tertiary/aromatic N) is 4. The molecule has 2 amide bonds. The van der Waals surface area contributed by atoms with Crippen LogP contribution in [0.5, 0.6) is 0 Å². The highest BCUT2D eigenvalue weighted by Crippen LogP contribution is 2.20. The molecule has 0 unspecified atom stereocenters. The number of amides is 2. The van der Waals surface area contributed by atoms with Gasteiger partial charge in [-0.1, -0.05) is 5.10 Å². The summed E-state index contributed by atoms with van der Waals surface area (Å²) in [6.45, 7) is 0. The van der Waals surface area contributed by atoms with Crippen molar-refractivity contribution in [3.8, 4) is 0 Å². The fourth-order valence-electron chi connectivity index (χ4n) is 1.42. The summed E-state index contributed by atoms with van der Waals surface area (Å²) in [5.41, 5.74) is -1.01. The van der Waals surface area contributed by atoms with Crippen molar-refractivity contribution in [3.05, 3.63) is 29.3 Å². The van der Waals surface area contributed by atoms with E-state index < -0.39 is 34.9 Å². The van der Waals surface area contributed by atoms with Gasteiger partial charge in [0, 0.05) is 6.07 Å². The number of anilines is 2. The van der Waals surface area contributed by atoms with Crippen LogP contribution >= 0.6 is 0 Å². The summed E-state index contributed by atoms with van der Waals surface area (Å²) < 4.78 is 26.1. The van der Waals surface area contributed by atoms with Gasteiger partial charge in [0.05, 0.1) is 18.3 Å². The molecule has 0 aliphatic carbocycles. The van der Waals surface area contributed by atoms with E-state index in [0.29, 0.717) is 12.1 Å². The number of benzene rings is 1. The van der Waals surface area contributed by atoms with Crippen LogP contribution in [0.1, 0.15) is 10.4 Å². The second kappa shape index (κ2) is 5.48. The maximum absolute atomic E-state index is 13.1. The quantitative estimate of drug-likeness (QED) is 0.771. The molecule has 3 N–H and O–H groups in total. The van der Waals surface area contributed by atoms with Crippen molar-refractivity contribution in [1.82, 2.24) is 20.2 Å². The Kier molecular flexibility index (Phi) is 3.73. The molecule has 1 aromatic heterocycles. The minimum atomic E-state index is -1.53. The lowest BCUT2D eigenvalue weighted by Gasteiger charge is -2.08. The lowest BCUT2D eigenvalue weighted by Crippen LogP contribution is -2.22. The Hall–Kier alpha value is -3.11. The normalized spacial score (nSPS) is 10.2. The maximum Gasteiger partial charge on any atom is 0.337 e. The molecule has 9 nitrogen and oxygen atoms in total. The number of tetrazole rings is 1. The van der Waals surface area contributed by atoms with Crippen LogP contribution in [0, 0.1) is 11.6 Å². The molecule has 11 heteroatoms. The fraction of sp³-hybridized carbons (Fsp3) is 0.100. The Morgan fingerprint density at radius 3 is 2.48 bits per heavy atom. The van der Waals surface area contributed by atoms with E-state index in [2.05, 4.69) is 26.0 Å². The van der Waals surface area contributed by atoms with Crippen LogP contribution in [0.4, 0.5) is 25.2 Å². The SMILES string of the molecule is Cn1nnc(NC(=O)Nc2cc(F)c(F)cc2C(=O)O)n1. The third-order valence-electron chi connectivity index (χ3n) is 2.27. The molecule has 21 heavy (non-hydrogen) atoms. The lowest BCUT2D eigenvalue weighted by atomic mass is 10.1. The predicted molar refractivity (Wildman–Crippen MR) is 64.8 cm³/mol. The molecule has 0 saturated carbocycles. The van der Waals surface area contributed by atoms with Crippen molar-refractivity contribution in [2.75, 3.05) is 10.6 Å². The second-order valence-corrected chi connectivity index (χ2v) is 3.80. The smallest absolute Gasteiger partial charge is 0.337 e. The van der Waals surface area contributed by atoms with Gasteiger partial charge in [0.2, 0.25) is 0 Å². The van der Waals surface area contributed by atoms with Gasteiger partial charge in [-0.15, -0.1) is 5.10 Å². The molecule has 0 bridgehead atoms. The van der Waals surface area contributed by atoms with Gasteiger partial charge < -0.3 is 10.4 Å². The summed E-state index contributed by atoms with van der Waals surface area (Å²) in [6.07, 6.45) is 0. The number of aromatic nitrogens is 4. The molecule has 0 aliphatic heterocycles. The van der Waals surface area contributed by atoms with E-state index in [9.17, 15) is 18.4 Å². The molecule has 0 radical (unpaired) electrons. The predicted octanol–water partition coefficient (Wildman–Crippen LogP) is 0.830. The Morgan fingerprint density at radius 2 is 1.90 bits per heavy atom. The van der Waals surface area contributed by atoms with Gasteiger partial charge >= 0.3 is 12.0 Å². The first-order valence-electron chi connectivity index (χ1n) is 5.41. The van der Waals surface area contributed by atoms with E-state index in [4.69, 9.17) is 5.11 Å². The third-order valence-corrected chi connectivity index (χ3v) is 2.27. The van der Waals surface area contributed by atoms with Gasteiger partial charge in [-0.25, -0.2) is 18.4 Å². The number of halogens is 2. The number of hydrogen-bond donors (Lipinski definition) is 3. The van der Waals surface area contributed by atoms with Crippen molar-refractivity contribution >= 4 is 23.6 Å². The van der Waals surface area contributed by atoms with Gasteiger partial charge in [0.1, 0.15) is 0 Å². The third kappa shape index (κ3) is 3.26. The molecule has 0 saturated heterocycles. The highest BCUT2D eigenvalue weighted by atomic mass is 19.2. The number of aromatic carboxylic acids is 1. The molecule has 2 aromatic rings. The first-order chi connectivity index (χ1) is 9.86. The number of hydrogen-bond acceptors (Lipinski definition) is 5. The first kappa shape index (κ1) is 14.3. The number of nitrogens with one attached hydrogen (secondary N) is 2. The average molecular weight is 298 g/mol. The number of carboxylic acids is 1. The molecule has 1 heterocycles. The zero-order chi connectivity index (χ0) is 15.6. The van der Waals surface area contributed by atoms with Crippen molar-refractivity contribution in [3.63, 3.8) is 0 Å². The number of urea groups is 1. The summed E-state index contributed by atoms with van der Waals surface area (Å²) in [4.78, 5) is 23.6. The van der Waals surface area contributed by atoms with Crippen LogP contribution in [0.25, 0.3) is 0 Å². The number of rotatable bonds is 3. The molecular weight excluding hydrogens is 290 g/mol. The summed E-state index contributed by atoms with van der Waals surface area (Å²) >= 11 is 0. The van der Waals surface area contributed by atoms with Crippen LogP contribution in [0.3, 0.4) is 0 Å². The standard InChI is InChI=1S/C10H8F2N6O3/c1-18-16-9(15-17-18)14-10(21)13-7-3-6(12)5(11)2-4(7)8(19)20/h2-3H,1H3,(H,19,20)(H2,13,14,16,21). The molecule has 2 rings (SSSR count). The topological polar surface area (TPSA) is 122 Å². The molecule has 1 aromatic carbocycles. The summed E-state index contributed by atoms with van der Waals surface area (Å²) in [6, 6.07) is 0.0903. The molecule has 0 aliphatic rings. The molecule has 0 atom stereocenters. The van der Waals surface area contributed by atoms with Crippen LogP contribution in [-0.2, 0) is 7.05 Å². The van der Waals surface area contributed by atoms with E-state index in [1.54, 1.807) is 0 Å². The summed E-state index contributed by atoms with van der Waals surface area (Å²) in [7, 11) is 1.47. The Balaban J connectivity index is 2.20. The van der Waals surface area contributed by atoms with Gasteiger partial charge in [0.25, 0.3) is 5.95 Å². The molecular formula is C10H8F2N6O3. The number of carboxylic acid groups (broad SMARTS) is 1. The van der Waals surface area contributed by atoms with Crippen molar-refractivity contribution in [2.45, 2.75) is 0 Å². The molecule has 0 spiro atoms. The van der Waals surface area contributed by atoms with Crippen molar-refractivity contribution in [2.24, 2.45) is 7.05 Å². The van der Waals surface area contributed by atoms with Crippen LogP contribution < -0.4 is 10.6 Å². The summed E-state index contributed by atoms with van der Waals surface area (Å²) in [5, 5.41) is 23.7. The minimum absolute atomic E-state index is 0.144. The van der Waals surface area contributed by atoms with E-state index in [-0.39, 0.29) is 5.95 Å². The monoisotopic (exact) mass is 298 g/mol. The highest BCUT2D eigenvalue weighted by Gasteiger charge is 2.17. The van der Waals surface area contributed by atoms with Gasteiger partial charge in [-0.3, -0.25) is 5.32 Å². The second-order valence-electron chi connectivity index (χ2n) is 3.80. The Morgan fingerprint density at radius 1 is 1.24 bits per heavy atom. The molecule has 110 valence electrons. The largest absolute Gasteiger partial charge is 0.478 e. The van der Waals surface area contributed by atoms with Crippen LogP contribution in [0.15, 0.2) is 12.1 Å². The van der Waals surface area contributed by atoms with E-state index in [1.165, 1.54) is 7.05 Å². The lowest BCUT2D eigenvalue weighted by molar-refractivity contribution is 0.0697. The number of carbonyl (C=O) groups is 2. The Labute approximate surface area is 115 Å². The number of carbonyl (C=O) groups excluding carboxylic acids is 1. The first-order valence-corrected chi connectivity index (χ1v) is 5.41. The van der Waals surface area contributed by atoms with Gasteiger partial charge in [-0.05, 0) is 11.3 Å². The van der Waals surface area contributed by atoms with Crippen molar-refractivity contribution < 1.29 is 23.5 Å². The van der Waals surface area contributed by atoms with E-state index >= 15 is 0 Å². The van der Waals surface area contributed by atoms with Gasteiger partial charge in [-0.2, -0.15) is 4.80 Å². The minimum Gasteiger partial charge on any atom is -0.478 e. The fourth-order valence-corrected chi connectivity index (χ4v) is 1.42. The van der Waals surface area contributed by atoms with E-state index in [0.717, 1.165) is 4.80 Å². The van der Waals surface area contributed by atoms with Crippen LogP contribution in [0.2, 0.25) is 0 Å². The zero-order valence-corrected chi connectivity index (χ0v) is 10.5. The number of aryl methyl sites for hydroxylation is 1. The maximum atomic E-state index is 13.1. The summed E-state index contributed by atoms with van der Waals surface area (Å²) in [5.74, 6) is -4.31. The van der Waals surface area contributed by atoms with E-state index in [1.807, 2.05) is 0 Å². The zero-order valence-electron chi connectivity index (χ0n) is 10.5.